The average molecular weight is 192 g/mol. The standard InChI is InChI=1S/C12H16O2/c1-10-7-12(13-8-10)14-9-11-5-3-2-4-6-11/h2-6,10,12H,7-9H2,1H3/t10-,12?/m1/s1. The van der Waals surface area contributed by atoms with Crippen molar-refractivity contribution >= 4 is 0 Å². The number of benzene rings is 1. The summed E-state index contributed by atoms with van der Waals surface area (Å²) in [6.45, 7) is 3.67. The van der Waals surface area contributed by atoms with E-state index in [1.165, 1.54) is 5.56 Å². The molecule has 0 aromatic heterocycles. The molecule has 1 unspecified atom stereocenters. The van der Waals surface area contributed by atoms with Gasteiger partial charge < -0.3 is 9.47 Å². The SMILES string of the molecule is C[C@H]1COC(OCc2ccccc2)C1. The van der Waals surface area contributed by atoms with E-state index in [2.05, 4.69) is 19.1 Å². The molecule has 1 aliphatic heterocycles. The van der Waals surface area contributed by atoms with E-state index < -0.39 is 0 Å². The van der Waals surface area contributed by atoms with Gasteiger partial charge in [-0.2, -0.15) is 0 Å². The molecule has 1 saturated heterocycles. The highest BCUT2D eigenvalue weighted by molar-refractivity contribution is 5.13. The zero-order valence-corrected chi connectivity index (χ0v) is 8.48. The lowest BCUT2D eigenvalue weighted by Gasteiger charge is -2.10. The van der Waals surface area contributed by atoms with Crippen LogP contribution in [0.15, 0.2) is 30.3 Å². The lowest BCUT2D eigenvalue weighted by Crippen LogP contribution is -2.10. The van der Waals surface area contributed by atoms with Gasteiger partial charge in [-0.15, -0.1) is 0 Å². The maximum absolute atomic E-state index is 5.64. The Morgan fingerprint density at radius 3 is 2.79 bits per heavy atom. The third-order valence-corrected chi connectivity index (χ3v) is 2.44. The maximum Gasteiger partial charge on any atom is 0.158 e. The summed E-state index contributed by atoms with van der Waals surface area (Å²) in [7, 11) is 0. The number of rotatable bonds is 3. The molecule has 1 fully saturated rings. The Hall–Kier alpha value is -0.860. The van der Waals surface area contributed by atoms with Crippen molar-refractivity contribution in [3.05, 3.63) is 35.9 Å². The zero-order chi connectivity index (χ0) is 9.80. The van der Waals surface area contributed by atoms with Crippen molar-refractivity contribution in [2.24, 2.45) is 5.92 Å². The number of hydrogen-bond donors (Lipinski definition) is 0. The smallest absolute Gasteiger partial charge is 0.158 e. The minimum absolute atomic E-state index is 0.00482. The molecule has 76 valence electrons. The second kappa shape index (κ2) is 4.58. The van der Waals surface area contributed by atoms with Gasteiger partial charge in [-0.1, -0.05) is 37.3 Å². The normalized spacial score (nSPS) is 26.6. The molecule has 0 radical (unpaired) electrons. The van der Waals surface area contributed by atoms with E-state index >= 15 is 0 Å². The molecule has 2 atom stereocenters. The molecule has 1 aromatic carbocycles. The van der Waals surface area contributed by atoms with Gasteiger partial charge in [0, 0.05) is 6.42 Å². The molecular weight excluding hydrogens is 176 g/mol. The zero-order valence-electron chi connectivity index (χ0n) is 8.48. The first-order valence-corrected chi connectivity index (χ1v) is 5.12. The van der Waals surface area contributed by atoms with Gasteiger partial charge in [-0.3, -0.25) is 0 Å². The highest BCUT2D eigenvalue weighted by Crippen LogP contribution is 2.20. The molecule has 0 saturated carbocycles. The van der Waals surface area contributed by atoms with Gasteiger partial charge in [0.25, 0.3) is 0 Å². The summed E-state index contributed by atoms with van der Waals surface area (Å²) in [6, 6.07) is 10.2. The summed E-state index contributed by atoms with van der Waals surface area (Å²) in [6.07, 6.45) is 1.03. The molecule has 1 heterocycles. The van der Waals surface area contributed by atoms with Crippen molar-refractivity contribution in [3.63, 3.8) is 0 Å². The fraction of sp³-hybridized carbons (Fsp3) is 0.500. The van der Waals surface area contributed by atoms with Crippen LogP contribution in [-0.4, -0.2) is 12.9 Å². The molecule has 0 bridgehead atoms. The first kappa shape index (κ1) is 9.69. The Balaban J connectivity index is 1.78. The van der Waals surface area contributed by atoms with E-state index in [0.717, 1.165) is 13.0 Å². The van der Waals surface area contributed by atoms with Gasteiger partial charge >= 0.3 is 0 Å². The van der Waals surface area contributed by atoms with Gasteiger partial charge in [0.05, 0.1) is 13.2 Å². The minimum Gasteiger partial charge on any atom is -0.352 e. The van der Waals surface area contributed by atoms with E-state index in [1.54, 1.807) is 0 Å². The van der Waals surface area contributed by atoms with Gasteiger partial charge in [0.1, 0.15) is 0 Å². The van der Waals surface area contributed by atoms with Crippen molar-refractivity contribution in [2.75, 3.05) is 6.61 Å². The predicted molar refractivity (Wildman–Crippen MR) is 54.8 cm³/mol. The van der Waals surface area contributed by atoms with E-state index in [9.17, 15) is 0 Å². The largest absolute Gasteiger partial charge is 0.352 e. The van der Waals surface area contributed by atoms with Crippen LogP contribution in [-0.2, 0) is 16.1 Å². The van der Waals surface area contributed by atoms with E-state index in [1.807, 2.05) is 18.2 Å². The lowest BCUT2D eigenvalue weighted by molar-refractivity contribution is -0.118. The van der Waals surface area contributed by atoms with E-state index in [4.69, 9.17) is 9.47 Å². The lowest BCUT2D eigenvalue weighted by atomic mass is 10.1. The molecule has 0 N–H and O–H groups in total. The summed E-state index contributed by atoms with van der Waals surface area (Å²) < 4.78 is 11.1. The number of ether oxygens (including phenoxy) is 2. The Labute approximate surface area is 84.8 Å². The highest BCUT2D eigenvalue weighted by Gasteiger charge is 2.22. The van der Waals surface area contributed by atoms with Gasteiger partial charge in [-0.25, -0.2) is 0 Å². The van der Waals surface area contributed by atoms with Crippen molar-refractivity contribution in [1.29, 1.82) is 0 Å². The Morgan fingerprint density at radius 2 is 2.14 bits per heavy atom. The molecule has 2 rings (SSSR count). The van der Waals surface area contributed by atoms with Crippen LogP contribution in [0, 0.1) is 5.92 Å². The van der Waals surface area contributed by atoms with Crippen LogP contribution in [0.1, 0.15) is 18.9 Å². The van der Waals surface area contributed by atoms with Gasteiger partial charge in [0.15, 0.2) is 6.29 Å². The fourth-order valence-corrected chi connectivity index (χ4v) is 1.62. The van der Waals surface area contributed by atoms with Crippen LogP contribution in [0.25, 0.3) is 0 Å². The topological polar surface area (TPSA) is 18.5 Å². The summed E-state index contributed by atoms with van der Waals surface area (Å²) >= 11 is 0. The summed E-state index contributed by atoms with van der Waals surface area (Å²) in [5, 5.41) is 0. The average Bonchev–Trinajstić information content (AvgIpc) is 2.63. The second-order valence-electron chi connectivity index (χ2n) is 3.90. The van der Waals surface area contributed by atoms with Crippen LogP contribution in [0.2, 0.25) is 0 Å². The van der Waals surface area contributed by atoms with Crippen molar-refractivity contribution in [2.45, 2.75) is 26.2 Å². The van der Waals surface area contributed by atoms with Crippen molar-refractivity contribution in [3.8, 4) is 0 Å². The van der Waals surface area contributed by atoms with Crippen LogP contribution in [0.3, 0.4) is 0 Å². The van der Waals surface area contributed by atoms with E-state index in [0.29, 0.717) is 12.5 Å². The number of hydrogen-bond acceptors (Lipinski definition) is 2. The summed E-state index contributed by atoms with van der Waals surface area (Å²) in [5.41, 5.74) is 1.20. The highest BCUT2D eigenvalue weighted by atomic mass is 16.7. The first-order valence-electron chi connectivity index (χ1n) is 5.12. The van der Waals surface area contributed by atoms with Crippen LogP contribution in [0.5, 0.6) is 0 Å². The molecule has 1 aromatic rings. The molecule has 1 aliphatic rings. The minimum atomic E-state index is 0.00482. The molecule has 2 heteroatoms. The van der Waals surface area contributed by atoms with Gasteiger partial charge in [0.2, 0.25) is 0 Å². The summed E-state index contributed by atoms with van der Waals surface area (Å²) in [5.74, 6) is 0.635. The molecule has 14 heavy (non-hydrogen) atoms. The monoisotopic (exact) mass is 192 g/mol. The third-order valence-electron chi connectivity index (χ3n) is 2.44. The van der Waals surface area contributed by atoms with Crippen molar-refractivity contribution < 1.29 is 9.47 Å². The first-order chi connectivity index (χ1) is 6.84. The molecule has 0 aliphatic carbocycles. The van der Waals surface area contributed by atoms with E-state index in [-0.39, 0.29) is 6.29 Å². The maximum atomic E-state index is 5.64. The molecular formula is C12H16O2. The van der Waals surface area contributed by atoms with Crippen LogP contribution >= 0.6 is 0 Å². The van der Waals surface area contributed by atoms with Crippen molar-refractivity contribution in [1.82, 2.24) is 0 Å². The second-order valence-corrected chi connectivity index (χ2v) is 3.90. The molecule has 0 spiro atoms. The fourth-order valence-electron chi connectivity index (χ4n) is 1.62. The quantitative estimate of drug-likeness (QED) is 0.732. The Kier molecular flexibility index (Phi) is 3.17. The van der Waals surface area contributed by atoms with Crippen LogP contribution < -0.4 is 0 Å². The predicted octanol–water partition coefficient (Wildman–Crippen LogP) is 2.59. The Bertz CT molecular complexity index is 271. The van der Waals surface area contributed by atoms with Crippen LogP contribution in [0.4, 0.5) is 0 Å². The third kappa shape index (κ3) is 2.56. The molecule has 2 nitrogen and oxygen atoms in total. The van der Waals surface area contributed by atoms with Gasteiger partial charge in [-0.05, 0) is 11.5 Å². The summed E-state index contributed by atoms with van der Waals surface area (Å²) in [4.78, 5) is 0. The molecule has 0 amide bonds. The Morgan fingerprint density at radius 1 is 1.36 bits per heavy atom.